The van der Waals surface area contributed by atoms with Gasteiger partial charge in [0.15, 0.2) is 11.6 Å². The highest BCUT2D eigenvalue weighted by molar-refractivity contribution is 6.36. The maximum Gasteiger partial charge on any atom is 0.165 e. The number of hydrogen-bond donors (Lipinski definition) is 1. The zero-order valence-corrected chi connectivity index (χ0v) is 15.0. The summed E-state index contributed by atoms with van der Waals surface area (Å²) in [6.45, 7) is 4.86. The number of benzene rings is 2. The van der Waals surface area contributed by atoms with Crippen molar-refractivity contribution in [2.45, 2.75) is 13.8 Å². The fourth-order valence-electron chi connectivity index (χ4n) is 2.07. The summed E-state index contributed by atoms with van der Waals surface area (Å²) in [7, 11) is 3.37. The highest BCUT2D eigenvalue weighted by Gasteiger charge is 2.09. The first-order chi connectivity index (χ1) is 11.4. The van der Waals surface area contributed by atoms with Crippen LogP contribution in [0.1, 0.15) is 12.5 Å². The van der Waals surface area contributed by atoms with Gasteiger partial charge < -0.3 is 15.0 Å². The molecule has 2 aromatic carbocycles. The number of methoxy groups -OCH3 is 1. The highest BCUT2D eigenvalue weighted by Crippen LogP contribution is 2.36. The van der Waals surface area contributed by atoms with E-state index in [0.717, 1.165) is 12.1 Å². The minimum absolute atomic E-state index is 0.173. The monoisotopic (exact) mass is 349 g/mol. The van der Waals surface area contributed by atoms with Gasteiger partial charge in [0.25, 0.3) is 0 Å². The summed E-state index contributed by atoms with van der Waals surface area (Å²) < 4.78 is 18.5. The quantitative estimate of drug-likeness (QED) is 0.578. The fourth-order valence-corrected chi connectivity index (χ4v) is 2.28. The molecule has 0 aliphatic heterocycles. The van der Waals surface area contributed by atoms with Crippen LogP contribution in [0.25, 0.3) is 0 Å². The topological polar surface area (TPSA) is 36.9 Å². The van der Waals surface area contributed by atoms with E-state index in [-0.39, 0.29) is 5.75 Å². The highest BCUT2D eigenvalue weighted by atomic mass is 35.5. The second kappa shape index (κ2) is 8.02. The number of aryl methyl sites for hydroxylation is 1. The number of anilines is 2. The van der Waals surface area contributed by atoms with Gasteiger partial charge in [-0.15, -0.1) is 0 Å². The lowest BCUT2D eigenvalue weighted by atomic mass is 10.2. The SMILES string of the molecule is CCN(C)/C=N\c1cc(C)cc(Nc2ccc(F)c(OC)c2)c1Cl. The van der Waals surface area contributed by atoms with Gasteiger partial charge in [0, 0.05) is 25.3 Å². The lowest BCUT2D eigenvalue weighted by molar-refractivity contribution is 0.387. The van der Waals surface area contributed by atoms with E-state index in [2.05, 4.69) is 10.3 Å². The zero-order chi connectivity index (χ0) is 17.7. The van der Waals surface area contributed by atoms with E-state index in [1.165, 1.54) is 13.2 Å². The van der Waals surface area contributed by atoms with Crippen LogP contribution in [0.15, 0.2) is 35.3 Å². The zero-order valence-electron chi connectivity index (χ0n) is 14.2. The van der Waals surface area contributed by atoms with Gasteiger partial charge in [0.1, 0.15) is 0 Å². The summed E-state index contributed by atoms with van der Waals surface area (Å²) in [6, 6.07) is 8.39. The minimum Gasteiger partial charge on any atom is -0.494 e. The van der Waals surface area contributed by atoms with Crippen molar-refractivity contribution < 1.29 is 9.13 Å². The van der Waals surface area contributed by atoms with Crippen LogP contribution >= 0.6 is 11.6 Å². The molecule has 2 aromatic rings. The Morgan fingerprint density at radius 2 is 2.08 bits per heavy atom. The molecule has 2 rings (SSSR count). The van der Waals surface area contributed by atoms with Gasteiger partial charge in [0.2, 0.25) is 0 Å². The summed E-state index contributed by atoms with van der Waals surface area (Å²) in [5, 5.41) is 3.70. The molecule has 6 heteroatoms. The predicted molar refractivity (Wildman–Crippen MR) is 98.9 cm³/mol. The molecule has 128 valence electrons. The molecule has 0 aliphatic rings. The number of hydrogen-bond acceptors (Lipinski definition) is 3. The standard InChI is InChI=1S/C18H21ClFN3O/c1-5-23(3)11-21-15-8-12(2)9-16(18(15)19)22-13-6-7-14(20)17(10-13)24-4/h6-11,22H,5H2,1-4H3/b21-11-. The van der Waals surface area contributed by atoms with Gasteiger partial charge in [-0.2, -0.15) is 0 Å². The molecule has 0 bridgehead atoms. The molecule has 0 saturated carbocycles. The van der Waals surface area contributed by atoms with Crippen LogP contribution in [-0.4, -0.2) is 31.9 Å². The number of rotatable bonds is 6. The van der Waals surface area contributed by atoms with E-state index in [1.807, 2.05) is 37.9 Å². The number of halogens is 2. The van der Waals surface area contributed by atoms with Gasteiger partial charge in [-0.25, -0.2) is 9.38 Å². The average Bonchev–Trinajstić information content (AvgIpc) is 2.57. The third-order valence-electron chi connectivity index (χ3n) is 3.52. The van der Waals surface area contributed by atoms with E-state index >= 15 is 0 Å². The van der Waals surface area contributed by atoms with Crippen LogP contribution in [-0.2, 0) is 0 Å². The molecule has 0 atom stereocenters. The normalized spacial score (nSPS) is 10.9. The first-order valence-electron chi connectivity index (χ1n) is 7.59. The molecule has 0 saturated heterocycles. The minimum atomic E-state index is -0.411. The van der Waals surface area contributed by atoms with Gasteiger partial charge in [-0.1, -0.05) is 11.6 Å². The Bertz CT molecular complexity index is 749. The summed E-state index contributed by atoms with van der Waals surface area (Å²) in [5.74, 6) is -0.238. The molecule has 0 radical (unpaired) electrons. The lowest BCUT2D eigenvalue weighted by Crippen LogP contribution is -2.14. The number of nitrogens with one attached hydrogen (secondary N) is 1. The molecule has 24 heavy (non-hydrogen) atoms. The average molecular weight is 350 g/mol. The van der Waals surface area contributed by atoms with E-state index in [9.17, 15) is 4.39 Å². The maximum atomic E-state index is 13.5. The Labute approximate surface area is 146 Å². The van der Waals surface area contributed by atoms with Crippen molar-refractivity contribution in [2.24, 2.45) is 4.99 Å². The number of ether oxygens (including phenoxy) is 1. The molecular formula is C18H21ClFN3O. The van der Waals surface area contributed by atoms with Crippen molar-refractivity contribution in [3.63, 3.8) is 0 Å². The van der Waals surface area contributed by atoms with Gasteiger partial charge in [-0.3, -0.25) is 0 Å². The molecule has 0 aliphatic carbocycles. The van der Waals surface area contributed by atoms with Crippen molar-refractivity contribution in [3.8, 4) is 5.75 Å². The third kappa shape index (κ3) is 4.38. The van der Waals surface area contributed by atoms with Crippen LogP contribution in [0.2, 0.25) is 5.02 Å². The maximum absolute atomic E-state index is 13.5. The van der Waals surface area contributed by atoms with Crippen molar-refractivity contribution in [2.75, 3.05) is 26.0 Å². The molecule has 4 nitrogen and oxygen atoms in total. The molecule has 0 fully saturated rings. The van der Waals surface area contributed by atoms with Crippen molar-refractivity contribution in [3.05, 3.63) is 46.7 Å². The van der Waals surface area contributed by atoms with Crippen LogP contribution < -0.4 is 10.1 Å². The molecule has 0 unspecified atom stereocenters. The smallest absolute Gasteiger partial charge is 0.165 e. The molecule has 0 aromatic heterocycles. The molecular weight excluding hydrogens is 329 g/mol. The van der Waals surface area contributed by atoms with Crippen molar-refractivity contribution >= 4 is 35.0 Å². The predicted octanol–water partition coefficient (Wildman–Crippen LogP) is 5.15. The van der Waals surface area contributed by atoms with Crippen LogP contribution in [0.4, 0.5) is 21.5 Å². The first-order valence-corrected chi connectivity index (χ1v) is 7.97. The van der Waals surface area contributed by atoms with Crippen LogP contribution in [0, 0.1) is 12.7 Å². The third-order valence-corrected chi connectivity index (χ3v) is 3.92. The van der Waals surface area contributed by atoms with Crippen LogP contribution in [0.5, 0.6) is 5.75 Å². The van der Waals surface area contributed by atoms with Gasteiger partial charge >= 0.3 is 0 Å². The summed E-state index contributed by atoms with van der Waals surface area (Å²) in [5.41, 5.74) is 3.08. The van der Waals surface area contributed by atoms with Gasteiger partial charge in [-0.05, 0) is 43.7 Å². The Kier molecular flexibility index (Phi) is 6.04. The summed E-state index contributed by atoms with van der Waals surface area (Å²) in [4.78, 5) is 6.39. The van der Waals surface area contributed by atoms with E-state index in [0.29, 0.717) is 22.1 Å². The molecule has 0 heterocycles. The van der Waals surface area contributed by atoms with E-state index < -0.39 is 5.82 Å². The molecule has 0 spiro atoms. The molecule has 1 N–H and O–H groups in total. The summed E-state index contributed by atoms with van der Waals surface area (Å²) in [6.07, 6.45) is 1.74. The number of nitrogens with zero attached hydrogens (tertiary/aromatic N) is 2. The lowest BCUT2D eigenvalue weighted by Gasteiger charge is -2.13. The first kappa shape index (κ1) is 18.1. The van der Waals surface area contributed by atoms with Gasteiger partial charge in [0.05, 0.1) is 29.8 Å². The molecule has 0 amide bonds. The second-order valence-corrected chi connectivity index (χ2v) is 5.82. The van der Waals surface area contributed by atoms with Crippen LogP contribution in [0.3, 0.4) is 0 Å². The Balaban J connectivity index is 2.34. The largest absolute Gasteiger partial charge is 0.494 e. The Morgan fingerprint density at radius 3 is 2.75 bits per heavy atom. The second-order valence-electron chi connectivity index (χ2n) is 5.44. The van der Waals surface area contributed by atoms with Crippen molar-refractivity contribution in [1.29, 1.82) is 0 Å². The number of aliphatic imine (C=N–C) groups is 1. The van der Waals surface area contributed by atoms with Crippen molar-refractivity contribution in [1.82, 2.24) is 4.90 Å². The summed E-state index contributed by atoms with van der Waals surface area (Å²) >= 11 is 6.46. The van der Waals surface area contributed by atoms with E-state index in [1.54, 1.807) is 18.5 Å². The Morgan fingerprint density at radius 1 is 1.33 bits per heavy atom. The fraction of sp³-hybridized carbons (Fsp3) is 0.278. The Hall–Kier alpha value is -2.27. The van der Waals surface area contributed by atoms with E-state index in [4.69, 9.17) is 16.3 Å².